The van der Waals surface area contributed by atoms with E-state index >= 15 is 0 Å². The summed E-state index contributed by atoms with van der Waals surface area (Å²) >= 11 is 1.68. The van der Waals surface area contributed by atoms with Gasteiger partial charge in [-0.25, -0.2) is 15.0 Å². The van der Waals surface area contributed by atoms with Gasteiger partial charge in [-0.3, -0.25) is 14.6 Å². The van der Waals surface area contributed by atoms with E-state index in [1.807, 2.05) is 20.8 Å². The summed E-state index contributed by atoms with van der Waals surface area (Å²) in [6.07, 6.45) is 0. The number of anilines is 1. The number of carbonyl (C=O) groups excluding carboxylic acids is 1. The summed E-state index contributed by atoms with van der Waals surface area (Å²) in [4.78, 5) is 32.6. The Kier molecular flexibility index (Phi) is 5.69. The molecule has 0 aromatic carbocycles. The molecule has 2 N–H and O–H groups in total. The Balaban J connectivity index is 1.47. The van der Waals surface area contributed by atoms with E-state index in [0.29, 0.717) is 0 Å². The molecule has 2 fully saturated rings. The van der Waals surface area contributed by atoms with Gasteiger partial charge in [-0.1, -0.05) is 0 Å². The van der Waals surface area contributed by atoms with E-state index in [-0.39, 0.29) is 5.91 Å². The zero-order valence-electron chi connectivity index (χ0n) is 17.3. The molecule has 1 amide bonds. The van der Waals surface area contributed by atoms with Crippen LogP contribution in [0.25, 0.3) is 10.3 Å². The topological polar surface area (TPSA) is 101 Å². The standard InChI is InChI=1S/C19H29N7O2S/c1-13-21-16-15(17(22-13)25-8-10-28-11-9-25)29-14(23-16)12-24-4-6-26(7-5-24)19(2,3)18(20)27/h4-12H2,1-3H3,(H2,20,27). The number of hydrogen-bond acceptors (Lipinski definition) is 9. The van der Waals surface area contributed by atoms with Crippen molar-refractivity contribution in [2.75, 3.05) is 57.4 Å². The highest BCUT2D eigenvalue weighted by molar-refractivity contribution is 7.19. The fourth-order valence-electron chi connectivity index (χ4n) is 3.83. The number of fused-ring (bicyclic) bond motifs is 1. The van der Waals surface area contributed by atoms with Crippen molar-refractivity contribution in [1.29, 1.82) is 0 Å². The third-order valence-corrected chi connectivity index (χ3v) is 6.85. The predicted molar refractivity (Wildman–Crippen MR) is 113 cm³/mol. The van der Waals surface area contributed by atoms with Gasteiger partial charge >= 0.3 is 0 Å². The van der Waals surface area contributed by atoms with Crippen LogP contribution in [0.1, 0.15) is 24.7 Å². The molecule has 2 aromatic heterocycles. The number of amides is 1. The first kappa shape index (κ1) is 20.4. The van der Waals surface area contributed by atoms with E-state index in [4.69, 9.17) is 20.4 Å². The lowest BCUT2D eigenvalue weighted by molar-refractivity contribution is -0.129. The Labute approximate surface area is 174 Å². The second-order valence-electron chi connectivity index (χ2n) is 8.14. The number of morpholine rings is 1. The van der Waals surface area contributed by atoms with Crippen LogP contribution in [0.2, 0.25) is 0 Å². The molecule has 0 spiro atoms. The van der Waals surface area contributed by atoms with Crippen LogP contribution in [0, 0.1) is 6.92 Å². The van der Waals surface area contributed by atoms with Gasteiger partial charge in [0, 0.05) is 39.3 Å². The van der Waals surface area contributed by atoms with E-state index in [2.05, 4.69) is 19.7 Å². The Morgan fingerprint density at radius 2 is 1.79 bits per heavy atom. The maximum Gasteiger partial charge on any atom is 0.237 e. The average Bonchev–Trinajstić information content (AvgIpc) is 3.10. The smallest absolute Gasteiger partial charge is 0.237 e. The minimum atomic E-state index is -0.609. The Morgan fingerprint density at radius 3 is 2.45 bits per heavy atom. The van der Waals surface area contributed by atoms with Crippen LogP contribution < -0.4 is 10.6 Å². The molecule has 2 aromatic rings. The van der Waals surface area contributed by atoms with Gasteiger partial charge in [-0.2, -0.15) is 0 Å². The summed E-state index contributed by atoms with van der Waals surface area (Å²) in [6.45, 7) is 13.0. The van der Waals surface area contributed by atoms with E-state index < -0.39 is 5.54 Å². The molecule has 2 saturated heterocycles. The third-order valence-electron chi connectivity index (χ3n) is 5.83. The lowest BCUT2D eigenvalue weighted by Gasteiger charge is -2.42. The Hall–Kier alpha value is -1.88. The summed E-state index contributed by atoms with van der Waals surface area (Å²) in [5.41, 5.74) is 5.74. The molecule has 0 bridgehead atoms. The molecule has 2 aliphatic heterocycles. The number of primary amides is 1. The van der Waals surface area contributed by atoms with Crippen LogP contribution in [0.5, 0.6) is 0 Å². The van der Waals surface area contributed by atoms with Crippen LogP contribution in [0.15, 0.2) is 0 Å². The van der Waals surface area contributed by atoms with Crippen LogP contribution in [0.3, 0.4) is 0 Å². The van der Waals surface area contributed by atoms with Crippen LogP contribution in [0.4, 0.5) is 5.82 Å². The van der Waals surface area contributed by atoms with Crippen LogP contribution >= 0.6 is 11.3 Å². The van der Waals surface area contributed by atoms with Crippen molar-refractivity contribution in [3.63, 3.8) is 0 Å². The van der Waals surface area contributed by atoms with Gasteiger partial charge in [0.25, 0.3) is 0 Å². The van der Waals surface area contributed by atoms with E-state index in [1.54, 1.807) is 11.3 Å². The molecule has 0 unspecified atom stereocenters. The largest absolute Gasteiger partial charge is 0.378 e. The second kappa shape index (κ2) is 8.10. The van der Waals surface area contributed by atoms with Gasteiger partial charge in [0.1, 0.15) is 15.5 Å². The number of piperazine rings is 1. The number of rotatable bonds is 5. The first-order valence-corrected chi connectivity index (χ1v) is 10.9. The summed E-state index contributed by atoms with van der Waals surface area (Å²) in [5.74, 6) is 1.45. The van der Waals surface area contributed by atoms with Gasteiger partial charge < -0.3 is 15.4 Å². The van der Waals surface area contributed by atoms with Crippen molar-refractivity contribution in [3.8, 4) is 0 Å². The summed E-state index contributed by atoms with van der Waals surface area (Å²) < 4.78 is 6.54. The number of ether oxygens (including phenoxy) is 1. The van der Waals surface area contributed by atoms with Crippen molar-refractivity contribution in [3.05, 3.63) is 10.8 Å². The number of aromatic nitrogens is 3. The molecule has 9 nitrogen and oxygen atoms in total. The Bertz CT molecular complexity index is 886. The zero-order chi connectivity index (χ0) is 20.6. The maximum absolute atomic E-state index is 11.7. The molecule has 0 atom stereocenters. The molecule has 0 aliphatic carbocycles. The molecule has 10 heteroatoms. The zero-order valence-corrected chi connectivity index (χ0v) is 18.2. The summed E-state index contributed by atoms with van der Waals surface area (Å²) in [5, 5.41) is 1.05. The SMILES string of the molecule is Cc1nc(N2CCOCC2)c2sc(CN3CCN(C(C)(C)C(N)=O)CC3)nc2n1. The van der Waals surface area contributed by atoms with Crippen molar-refractivity contribution >= 4 is 33.4 Å². The molecule has 158 valence electrons. The van der Waals surface area contributed by atoms with Crippen molar-refractivity contribution < 1.29 is 9.53 Å². The van der Waals surface area contributed by atoms with Gasteiger partial charge in [-0.15, -0.1) is 11.3 Å². The van der Waals surface area contributed by atoms with E-state index in [1.165, 1.54) is 0 Å². The molecule has 4 heterocycles. The van der Waals surface area contributed by atoms with Crippen LogP contribution in [-0.2, 0) is 16.1 Å². The van der Waals surface area contributed by atoms with Crippen LogP contribution in [-0.4, -0.2) is 88.7 Å². The van der Waals surface area contributed by atoms with Crippen molar-refractivity contribution in [1.82, 2.24) is 24.8 Å². The average molecular weight is 420 g/mol. The number of carbonyl (C=O) groups is 1. The third kappa shape index (κ3) is 4.20. The van der Waals surface area contributed by atoms with Gasteiger partial charge in [0.15, 0.2) is 11.5 Å². The van der Waals surface area contributed by atoms with Crippen molar-refractivity contribution in [2.45, 2.75) is 32.9 Å². The van der Waals surface area contributed by atoms with E-state index in [9.17, 15) is 4.79 Å². The lowest BCUT2D eigenvalue weighted by Crippen LogP contribution is -2.59. The van der Waals surface area contributed by atoms with Gasteiger partial charge in [0.2, 0.25) is 5.91 Å². The lowest BCUT2D eigenvalue weighted by atomic mass is 10.0. The first-order chi connectivity index (χ1) is 13.8. The monoisotopic (exact) mass is 419 g/mol. The minimum absolute atomic E-state index is 0.276. The number of hydrogen-bond donors (Lipinski definition) is 1. The molecular weight excluding hydrogens is 390 g/mol. The normalized spacial score (nSPS) is 19.8. The molecule has 2 aliphatic rings. The molecule has 4 rings (SSSR count). The predicted octanol–water partition coefficient (Wildman–Crippen LogP) is 0.613. The fourth-order valence-corrected chi connectivity index (χ4v) is 4.89. The fraction of sp³-hybridized carbons (Fsp3) is 0.684. The highest BCUT2D eigenvalue weighted by Gasteiger charge is 2.34. The number of thiazole rings is 1. The Morgan fingerprint density at radius 1 is 1.10 bits per heavy atom. The number of nitrogens with two attached hydrogens (primary N) is 1. The summed E-state index contributed by atoms with van der Waals surface area (Å²) in [6, 6.07) is 0. The van der Waals surface area contributed by atoms with Gasteiger partial charge in [0.05, 0.1) is 25.3 Å². The first-order valence-electron chi connectivity index (χ1n) is 10.1. The molecule has 0 saturated carbocycles. The number of aryl methyl sites for hydroxylation is 1. The highest BCUT2D eigenvalue weighted by atomic mass is 32.1. The number of nitrogens with zero attached hydrogens (tertiary/aromatic N) is 6. The highest BCUT2D eigenvalue weighted by Crippen LogP contribution is 2.31. The molecular formula is C19H29N7O2S. The second-order valence-corrected chi connectivity index (χ2v) is 9.22. The quantitative estimate of drug-likeness (QED) is 0.753. The molecule has 29 heavy (non-hydrogen) atoms. The molecule has 0 radical (unpaired) electrons. The minimum Gasteiger partial charge on any atom is -0.378 e. The van der Waals surface area contributed by atoms with Gasteiger partial charge in [-0.05, 0) is 20.8 Å². The van der Waals surface area contributed by atoms with E-state index in [0.717, 1.165) is 86.0 Å². The maximum atomic E-state index is 11.7. The summed E-state index contributed by atoms with van der Waals surface area (Å²) in [7, 11) is 0. The van der Waals surface area contributed by atoms with Crippen molar-refractivity contribution in [2.24, 2.45) is 5.73 Å².